The number of fused-ring (bicyclic) bond motifs is 1. The first-order valence-electron chi connectivity index (χ1n) is 20.7. The summed E-state index contributed by atoms with van der Waals surface area (Å²) in [5.74, 6) is -1.17. The van der Waals surface area contributed by atoms with Crippen LogP contribution in [0.5, 0.6) is 11.5 Å². The van der Waals surface area contributed by atoms with E-state index in [1.165, 1.54) is 11.0 Å². The number of pyridine rings is 1. The van der Waals surface area contributed by atoms with Crippen molar-refractivity contribution in [3.05, 3.63) is 67.3 Å². The maximum Gasteiger partial charge on any atom is 0.408 e. The van der Waals surface area contributed by atoms with E-state index in [2.05, 4.69) is 21.9 Å². The number of ether oxygens (including phenoxy) is 3. The largest absolute Gasteiger partial charge is 0.497 e. The van der Waals surface area contributed by atoms with Crippen LogP contribution in [0.1, 0.15) is 86.5 Å². The number of alkyl carbamates (subject to hydrolysis) is 1. The first-order valence-corrected chi connectivity index (χ1v) is 22.2. The summed E-state index contributed by atoms with van der Waals surface area (Å²) in [4.78, 5) is 62.9. The highest BCUT2D eigenvalue weighted by Gasteiger charge is 2.64. The van der Waals surface area contributed by atoms with Gasteiger partial charge in [-0.25, -0.2) is 18.2 Å². The van der Waals surface area contributed by atoms with Gasteiger partial charge in [-0.05, 0) is 69.9 Å². The summed E-state index contributed by atoms with van der Waals surface area (Å²) in [6.45, 7) is 14.3. The van der Waals surface area contributed by atoms with Crippen molar-refractivity contribution < 1.29 is 41.8 Å². The van der Waals surface area contributed by atoms with E-state index in [0.717, 1.165) is 18.4 Å². The zero-order valence-corrected chi connectivity index (χ0v) is 36.3. The Morgan fingerprint density at radius 2 is 1.72 bits per heavy atom. The average molecular weight is 844 g/mol. The number of nitrogens with zero attached hydrogens (tertiary/aromatic N) is 2. The van der Waals surface area contributed by atoms with Gasteiger partial charge in [0.15, 0.2) is 0 Å². The average Bonchev–Trinajstić information content (AvgIpc) is 4.13. The van der Waals surface area contributed by atoms with Gasteiger partial charge in [-0.3, -0.25) is 19.1 Å². The smallest absolute Gasteiger partial charge is 0.408 e. The molecule has 1 aromatic heterocycles. The third kappa shape index (κ3) is 8.96. The molecule has 2 heterocycles. The number of carbonyl (C=O) groups is 4. The van der Waals surface area contributed by atoms with E-state index < -0.39 is 79.2 Å². The Morgan fingerprint density at radius 3 is 2.30 bits per heavy atom. The van der Waals surface area contributed by atoms with Gasteiger partial charge in [0.1, 0.15) is 40.8 Å². The molecule has 60 heavy (non-hydrogen) atoms. The van der Waals surface area contributed by atoms with Crippen molar-refractivity contribution in [2.45, 2.75) is 121 Å². The van der Waals surface area contributed by atoms with Crippen molar-refractivity contribution in [3.63, 3.8) is 0 Å². The number of likely N-dealkylation sites (tertiary alicyclic amines) is 1. The molecule has 15 heteroatoms. The van der Waals surface area contributed by atoms with Crippen molar-refractivity contribution in [2.24, 2.45) is 17.3 Å². The van der Waals surface area contributed by atoms with E-state index in [-0.39, 0.29) is 19.4 Å². The summed E-state index contributed by atoms with van der Waals surface area (Å²) in [7, 11) is -2.46. The summed E-state index contributed by atoms with van der Waals surface area (Å²) in [5, 5.41) is 6.30. The predicted octanol–water partition coefficient (Wildman–Crippen LogP) is 6.04. The molecular formula is C45H57N5O9S. The molecule has 2 aromatic carbocycles. The van der Waals surface area contributed by atoms with Crippen LogP contribution >= 0.6 is 0 Å². The first kappa shape index (κ1) is 42.9. The zero-order chi connectivity index (χ0) is 43.4. The summed E-state index contributed by atoms with van der Waals surface area (Å²) in [6.07, 6.45) is 3.59. The molecule has 1 saturated heterocycles. The quantitative estimate of drug-likeness (QED) is 0.162. The van der Waals surface area contributed by atoms with E-state index in [1.807, 2.05) is 42.5 Å². The highest BCUT2D eigenvalue weighted by Crippen LogP contribution is 2.53. The monoisotopic (exact) mass is 843 g/mol. The molecule has 5 atom stereocenters. The topological polar surface area (TPSA) is 182 Å². The van der Waals surface area contributed by atoms with Crippen molar-refractivity contribution in [1.82, 2.24) is 25.2 Å². The Bertz CT molecular complexity index is 2300. The van der Waals surface area contributed by atoms with Crippen LogP contribution in [0.3, 0.4) is 0 Å². The van der Waals surface area contributed by atoms with Gasteiger partial charge >= 0.3 is 6.09 Å². The minimum absolute atomic E-state index is 0.0147. The van der Waals surface area contributed by atoms with Gasteiger partial charge in [0.2, 0.25) is 21.8 Å². The minimum Gasteiger partial charge on any atom is -0.497 e. The van der Waals surface area contributed by atoms with Crippen LogP contribution in [0, 0.1) is 17.3 Å². The molecule has 4 aliphatic rings. The second kappa shape index (κ2) is 15.7. The number of benzene rings is 2. The first-order chi connectivity index (χ1) is 28.2. The van der Waals surface area contributed by atoms with Crippen LogP contribution in [0.25, 0.3) is 22.2 Å². The SMILES string of the molecule is C=C[C@@H]1C[C@]1(NC(=O)C1C[C@@H](Oc2cc(-c3ccccc3)nc3cc(OC)ccc23)CN1C(=O)[C@@H](NC(=O)OC(C)(C)C)C(C)(C)C)C(=O)NS(=O)(=O)C1(CC2CC2)CC1. The number of aromatic nitrogens is 1. The molecule has 0 spiro atoms. The van der Waals surface area contributed by atoms with E-state index in [1.54, 1.807) is 60.8 Å². The zero-order valence-electron chi connectivity index (χ0n) is 35.5. The standard InChI is InChI=1S/C45H57N5O9S/c1-9-29-25-45(29,40(53)49-60(55,56)44(19-20-44)24-27-15-16-27)48-38(51)35-22-31(26-50(35)39(52)37(42(2,3)4)47-41(54)59-43(5,6)7)58-36-23-33(28-13-11-10-12-14-28)46-34-21-30(57-8)17-18-32(34)36/h9-14,17-18,21,23,27,29,31,35,37H,1,15-16,19-20,22,24-26H2,2-8H3,(H,47,54)(H,48,51)(H,49,53)/t29-,31-,35?,37-,45-/m1/s1. The third-order valence-electron chi connectivity index (χ3n) is 12.0. The summed E-state index contributed by atoms with van der Waals surface area (Å²) in [6, 6.07) is 14.5. The molecule has 3 saturated carbocycles. The van der Waals surface area contributed by atoms with E-state index in [0.29, 0.717) is 53.3 Å². The Morgan fingerprint density at radius 1 is 1.02 bits per heavy atom. The minimum atomic E-state index is -4.03. The van der Waals surface area contributed by atoms with Crippen molar-refractivity contribution in [3.8, 4) is 22.8 Å². The molecule has 1 unspecified atom stereocenters. The molecule has 1 aliphatic heterocycles. The van der Waals surface area contributed by atoms with Crippen LogP contribution < -0.4 is 24.8 Å². The molecule has 7 rings (SSSR count). The molecule has 0 radical (unpaired) electrons. The summed E-state index contributed by atoms with van der Waals surface area (Å²) >= 11 is 0. The summed E-state index contributed by atoms with van der Waals surface area (Å²) < 4.78 is 46.4. The highest BCUT2D eigenvalue weighted by atomic mass is 32.2. The number of nitrogens with one attached hydrogen (secondary N) is 3. The number of rotatable bonds is 14. The van der Waals surface area contributed by atoms with Crippen LogP contribution in [0.4, 0.5) is 4.79 Å². The second-order valence-electron chi connectivity index (χ2n) is 19.0. The van der Waals surface area contributed by atoms with Crippen LogP contribution in [-0.4, -0.2) is 89.8 Å². The normalized spacial score (nSPS) is 23.9. The van der Waals surface area contributed by atoms with E-state index in [9.17, 15) is 27.6 Å². The Labute approximate surface area is 352 Å². The van der Waals surface area contributed by atoms with E-state index in [4.69, 9.17) is 19.2 Å². The lowest BCUT2D eigenvalue weighted by molar-refractivity contribution is -0.143. The maximum absolute atomic E-state index is 14.8. The van der Waals surface area contributed by atoms with Crippen LogP contribution in [-0.2, 0) is 29.1 Å². The van der Waals surface area contributed by atoms with Gasteiger partial charge in [-0.1, -0.05) is 70.0 Å². The van der Waals surface area contributed by atoms with Gasteiger partial charge in [-0.15, -0.1) is 6.58 Å². The molecule has 4 fully saturated rings. The Balaban J connectivity index is 1.20. The van der Waals surface area contributed by atoms with Crippen molar-refractivity contribution >= 4 is 44.7 Å². The fourth-order valence-corrected chi connectivity index (χ4v) is 9.92. The number of carbonyl (C=O) groups excluding carboxylic acids is 4. The lowest BCUT2D eigenvalue weighted by atomic mass is 9.85. The summed E-state index contributed by atoms with van der Waals surface area (Å²) in [5.41, 5.74) is -1.17. The molecule has 3 N–H and O–H groups in total. The lowest BCUT2D eigenvalue weighted by Gasteiger charge is -2.36. The molecule has 0 bridgehead atoms. The van der Waals surface area contributed by atoms with Gasteiger partial charge in [0.25, 0.3) is 5.91 Å². The molecule has 3 aliphatic carbocycles. The molecule has 4 amide bonds. The number of hydrogen-bond acceptors (Lipinski definition) is 10. The highest BCUT2D eigenvalue weighted by molar-refractivity contribution is 7.91. The van der Waals surface area contributed by atoms with Gasteiger partial charge in [-0.2, -0.15) is 0 Å². The van der Waals surface area contributed by atoms with Gasteiger partial charge < -0.3 is 29.7 Å². The van der Waals surface area contributed by atoms with Crippen LogP contribution in [0.2, 0.25) is 0 Å². The number of amides is 4. The van der Waals surface area contributed by atoms with Gasteiger partial charge in [0, 0.05) is 35.4 Å². The number of methoxy groups -OCH3 is 1. The Kier molecular flexibility index (Phi) is 11.2. The predicted molar refractivity (Wildman–Crippen MR) is 226 cm³/mol. The lowest BCUT2D eigenvalue weighted by Crippen LogP contribution is -2.60. The van der Waals surface area contributed by atoms with Crippen molar-refractivity contribution in [1.29, 1.82) is 0 Å². The Hall–Kier alpha value is -5.18. The number of sulfonamides is 1. The molecule has 14 nitrogen and oxygen atoms in total. The van der Waals surface area contributed by atoms with Gasteiger partial charge in [0.05, 0.1) is 29.6 Å². The molecule has 3 aromatic rings. The van der Waals surface area contributed by atoms with Crippen molar-refractivity contribution in [2.75, 3.05) is 13.7 Å². The fourth-order valence-electron chi connectivity index (χ4n) is 8.18. The fraction of sp³-hybridized carbons (Fsp3) is 0.533. The maximum atomic E-state index is 14.8. The number of hydrogen-bond donors (Lipinski definition) is 3. The third-order valence-corrected chi connectivity index (χ3v) is 14.1. The van der Waals surface area contributed by atoms with Crippen LogP contribution in [0.15, 0.2) is 67.3 Å². The van der Waals surface area contributed by atoms with E-state index >= 15 is 0 Å². The molecular weight excluding hydrogens is 787 g/mol. The molecule has 322 valence electrons. The second-order valence-corrected chi connectivity index (χ2v) is 21.0.